The van der Waals surface area contributed by atoms with Gasteiger partial charge in [-0.05, 0) is 11.5 Å². The number of aromatic nitrogens is 3. The first-order valence-corrected chi connectivity index (χ1v) is 5.63. The van der Waals surface area contributed by atoms with E-state index in [-0.39, 0.29) is 0 Å². The average Bonchev–Trinajstić information content (AvgIpc) is 2.38. The van der Waals surface area contributed by atoms with Crippen LogP contribution >= 0.6 is 12.2 Å². The van der Waals surface area contributed by atoms with Crippen LogP contribution in [0.1, 0.15) is 0 Å². The van der Waals surface area contributed by atoms with Crippen molar-refractivity contribution in [3.63, 3.8) is 0 Å². The van der Waals surface area contributed by atoms with Gasteiger partial charge in [0, 0.05) is 23.3 Å². The molecule has 2 heterocycles. The van der Waals surface area contributed by atoms with Gasteiger partial charge in [-0.1, -0.05) is 30.4 Å². The van der Waals surface area contributed by atoms with Crippen LogP contribution in [0.2, 0.25) is 0 Å². The molecule has 0 saturated heterocycles. The molecule has 17 heavy (non-hydrogen) atoms. The van der Waals surface area contributed by atoms with E-state index in [1.54, 1.807) is 18.6 Å². The Bertz CT molecular complexity index is 728. The molecule has 0 atom stereocenters. The van der Waals surface area contributed by atoms with Crippen molar-refractivity contribution in [2.75, 3.05) is 0 Å². The zero-order chi connectivity index (χ0) is 11.7. The molecule has 0 spiro atoms. The van der Waals surface area contributed by atoms with Crippen LogP contribution in [0.15, 0.2) is 49.1 Å². The van der Waals surface area contributed by atoms with Crippen LogP contribution in [0.3, 0.4) is 0 Å². The van der Waals surface area contributed by atoms with Gasteiger partial charge < -0.3 is 4.98 Å². The second kappa shape index (κ2) is 4.07. The summed E-state index contributed by atoms with van der Waals surface area (Å²) in [4.78, 5) is 11.4. The number of aromatic amines is 1. The predicted molar refractivity (Wildman–Crippen MR) is 70.2 cm³/mol. The third-order valence-electron chi connectivity index (χ3n) is 2.63. The fourth-order valence-electron chi connectivity index (χ4n) is 1.86. The molecule has 4 heteroatoms. The summed E-state index contributed by atoms with van der Waals surface area (Å²) >= 11 is 5.09. The molecule has 0 aliphatic carbocycles. The first kappa shape index (κ1) is 10.1. The molecule has 0 bridgehead atoms. The van der Waals surface area contributed by atoms with E-state index >= 15 is 0 Å². The molecule has 3 aromatic rings. The number of nitrogens with one attached hydrogen (secondary N) is 1. The Morgan fingerprint density at radius 3 is 2.82 bits per heavy atom. The van der Waals surface area contributed by atoms with Gasteiger partial charge in [-0.15, -0.1) is 0 Å². The summed E-state index contributed by atoms with van der Waals surface area (Å²) in [7, 11) is 0. The molecule has 0 fully saturated rings. The lowest BCUT2D eigenvalue weighted by Gasteiger charge is -2.05. The van der Waals surface area contributed by atoms with Gasteiger partial charge in [0.15, 0.2) is 0 Å². The van der Waals surface area contributed by atoms with Crippen molar-refractivity contribution < 1.29 is 0 Å². The molecule has 0 saturated carbocycles. The van der Waals surface area contributed by atoms with Crippen molar-refractivity contribution in [2.24, 2.45) is 0 Å². The highest BCUT2D eigenvalue weighted by atomic mass is 32.1. The molecule has 0 aliphatic heterocycles. The number of pyridine rings is 1. The third kappa shape index (κ3) is 1.83. The van der Waals surface area contributed by atoms with Crippen LogP contribution < -0.4 is 0 Å². The Labute approximate surface area is 103 Å². The lowest BCUT2D eigenvalue weighted by Crippen LogP contribution is -1.87. The maximum atomic E-state index is 5.09. The highest BCUT2D eigenvalue weighted by molar-refractivity contribution is 7.71. The Balaban J connectivity index is 2.34. The number of hydrogen-bond donors (Lipinski definition) is 1. The van der Waals surface area contributed by atoms with Crippen LogP contribution in [0.5, 0.6) is 0 Å². The molecule has 82 valence electrons. The SMILES string of the molecule is S=c1cncc(-c2cccc3ccncc23)[nH]1. The Kier molecular flexibility index (Phi) is 2.42. The number of benzene rings is 1. The summed E-state index contributed by atoms with van der Waals surface area (Å²) in [6.07, 6.45) is 7.05. The van der Waals surface area contributed by atoms with Gasteiger partial charge in [-0.25, -0.2) is 0 Å². The molecular formula is C13H9N3S. The lowest BCUT2D eigenvalue weighted by molar-refractivity contribution is 1.19. The van der Waals surface area contributed by atoms with E-state index in [1.165, 1.54) is 0 Å². The normalized spacial score (nSPS) is 10.6. The largest absolute Gasteiger partial charge is 0.344 e. The van der Waals surface area contributed by atoms with Gasteiger partial charge in [0.05, 0.1) is 18.1 Å². The quantitative estimate of drug-likeness (QED) is 0.662. The van der Waals surface area contributed by atoms with Gasteiger partial charge in [0.2, 0.25) is 0 Å². The Morgan fingerprint density at radius 1 is 1.00 bits per heavy atom. The number of H-pyrrole nitrogens is 1. The molecule has 3 rings (SSSR count). The van der Waals surface area contributed by atoms with Crippen LogP contribution in [-0.2, 0) is 0 Å². The average molecular weight is 239 g/mol. The minimum absolute atomic E-state index is 0.628. The van der Waals surface area contributed by atoms with Crippen molar-refractivity contribution in [3.8, 4) is 11.3 Å². The molecule has 1 aromatic carbocycles. The van der Waals surface area contributed by atoms with Gasteiger partial charge >= 0.3 is 0 Å². The summed E-state index contributed by atoms with van der Waals surface area (Å²) in [5.41, 5.74) is 1.98. The van der Waals surface area contributed by atoms with Crippen LogP contribution in [0.4, 0.5) is 0 Å². The fourth-order valence-corrected chi connectivity index (χ4v) is 2.03. The molecule has 1 N–H and O–H groups in total. The first-order chi connectivity index (χ1) is 8.34. The van der Waals surface area contributed by atoms with E-state index in [1.807, 2.05) is 24.4 Å². The molecule has 3 nitrogen and oxygen atoms in total. The Morgan fingerprint density at radius 2 is 1.94 bits per heavy atom. The molecule has 0 radical (unpaired) electrons. The van der Waals surface area contributed by atoms with E-state index < -0.39 is 0 Å². The second-order valence-electron chi connectivity index (χ2n) is 3.71. The maximum absolute atomic E-state index is 5.09. The van der Waals surface area contributed by atoms with Crippen molar-refractivity contribution in [1.82, 2.24) is 15.0 Å². The standard InChI is InChI=1S/C13H9N3S/c17-13-8-15-7-12(16-13)10-3-1-2-9-4-5-14-6-11(9)10/h1-8H,(H,16,17). The van der Waals surface area contributed by atoms with Gasteiger partial charge in [0.25, 0.3) is 0 Å². The van der Waals surface area contributed by atoms with Crippen molar-refractivity contribution in [1.29, 1.82) is 0 Å². The second-order valence-corrected chi connectivity index (χ2v) is 4.15. The summed E-state index contributed by atoms with van der Waals surface area (Å²) in [5.74, 6) is 0. The number of nitrogens with zero attached hydrogens (tertiary/aromatic N) is 2. The number of fused-ring (bicyclic) bond motifs is 1. The molecule has 2 aromatic heterocycles. The zero-order valence-electron chi connectivity index (χ0n) is 8.92. The van der Waals surface area contributed by atoms with E-state index in [0.29, 0.717) is 4.64 Å². The minimum Gasteiger partial charge on any atom is -0.344 e. The van der Waals surface area contributed by atoms with Crippen molar-refractivity contribution in [2.45, 2.75) is 0 Å². The van der Waals surface area contributed by atoms with Crippen LogP contribution in [-0.4, -0.2) is 15.0 Å². The van der Waals surface area contributed by atoms with Crippen LogP contribution in [0, 0.1) is 4.64 Å². The van der Waals surface area contributed by atoms with Crippen molar-refractivity contribution >= 4 is 23.0 Å². The van der Waals surface area contributed by atoms with E-state index in [4.69, 9.17) is 12.2 Å². The van der Waals surface area contributed by atoms with Gasteiger partial charge in [0.1, 0.15) is 4.64 Å². The molecular weight excluding hydrogens is 230 g/mol. The number of hydrogen-bond acceptors (Lipinski definition) is 3. The van der Waals surface area contributed by atoms with E-state index in [0.717, 1.165) is 22.0 Å². The lowest BCUT2D eigenvalue weighted by atomic mass is 10.0. The molecule has 0 aliphatic rings. The van der Waals surface area contributed by atoms with E-state index in [9.17, 15) is 0 Å². The smallest absolute Gasteiger partial charge is 0.122 e. The van der Waals surface area contributed by atoms with Gasteiger partial charge in [-0.2, -0.15) is 0 Å². The molecule has 0 unspecified atom stereocenters. The minimum atomic E-state index is 0.628. The monoisotopic (exact) mass is 239 g/mol. The van der Waals surface area contributed by atoms with E-state index in [2.05, 4.69) is 21.0 Å². The number of rotatable bonds is 1. The highest BCUT2D eigenvalue weighted by Gasteiger charge is 2.03. The molecule has 0 amide bonds. The fraction of sp³-hybridized carbons (Fsp3) is 0. The highest BCUT2D eigenvalue weighted by Crippen LogP contribution is 2.25. The summed E-state index contributed by atoms with van der Waals surface area (Å²) < 4.78 is 0.628. The summed E-state index contributed by atoms with van der Waals surface area (Å²) in [5, 5.41) is 2.24. The third-order valence-corrected chi connectivity index (χ3v) is 2.83. The van der Waals surface area contributed by atoms with Crippen molar-refractivity contribution in [3.05, 3.63) is 53.7 Å². The maximum Gasteiger partial charge on any atom is 0.122 e. The van der Waals surface area contributed by atoms with Gasteiger partial charge in [-0.3, -0.25) is 9.97 Å². The summed E-state index contributed by atoms with van der Waals surface area (Å²) in [6, 6.07) is 8.10. The first-order valence-electron chi connectivity index (χ1n) is 5.22. The summed E-state index contributed by atoms with van der Waals surface area (Å²) in [6.45, 7) is 0. The zero-order valence-corrected chi connectivity index (χ0v) is 9.74. The van der Waals surface area contributed by atoms with Crippen LogP contribution in [0.25, 0.3) is 22.0 Å². The topological polar surface area (TPSA) is 41.6 Å². The predicted octanol–water partition coefficient (Wildman–Crippen LogP) is 3.35. The Hall–Kier alpha value is -2.07.